The quantitative estimate of drug-likeness (QED) is 0.520. The summed E-state index contributed by atoms with van der Waals surface area (Å²) in [4.78, 5) is 28.5. The SMILES string of the molecule is CC(=O)Nc1ccc(C(=O)NC(=NCC2CCCO2)Nc2ccc(C)c(C)c2)cc1. The van der Waals surface area contributed by atoms with Gasteiger partial charge in [-0.05, 0) is 74.2 Å². The molecular weight excluding hydrogens is 380 g/mol. The lowest BCUT2D eigenvalue weighted by atomic mass is 10.1. The van der Waals surface area contributed by atoms with Gasteiger partial charge < -0.3 is 15.4 Å². The molecule has 2 amide bonds. The number of aryl methyl sites for hydroxylation is 2. The lowest BCUT2D eigenvalue weighted by Crippen LogP contribution is -2.36. The summed E-state index contributed by atoms with van der Waals surface area (Å²) >= 11 is 0. The predicted molar refractivity (Wildman–Crippen MR) is 119 cm³/mol. The first-order valence-electron chi connectivity index (χ1n) is 10.1. The zero-order valence-corrected chi connectivity index (χ0v) is 17.6. The fraction of sp³-hybridized carbons (Fsp3) is 0.348. The number of amides is 2. The van der Waals surface area contributed by atoms with E-state index >= 15 is 0 Å². The van der Waals surface area contributed by atoms with Gasteiger partial charge in [-0.1, -0.05) is 6.07 Å². The summed E-state index contributed by atoms with van der Waals surface area (Å²) in [6, 6.07) is 12.7. The van der Waals surface area contributed by atoms with Crippen LogP contribution in [0.5, 0.6) is 0 Å². The van der Waals surface area contributed by atoms with Crippen molar-refractivity contribution in [2.75, 3.05) is 23.8 Å². The first-order valence-corrected chi connectivity index (χ1v) is 10.1. The summed E-state index contributed by atoms with van der Waals surface area (Å²) in [5, 5.41) is 8.76. The number of benzene rings is 2. The number of hydrogen-bond acceptors (Lipinski definition) is 4. The van der Waals surface area contributed by atoms with Crippen LogP contribution in [0.1, 0.15) is 41.3 Å². The van der Waals surface area contributed by atoms with Crippen LogP contribution >= 0.6 is 0 Å². The third-order valence-corrected chi connectivity index (χ3v) is 4.95. The molecule has 0 saturated carbocycles. The Morgan fingerprint density at radius 3 is 2.40 bits per heavy atom. The van der Waals surface area contributed by atoms with E-state index in [-0.39, 0.29) is 17.9 Å². The van der Waals surface area contributed by atoms with Crippen molar-refractivity contribution in [1.29, 1.82) is 0 Å². The average molecular weight is 409 g/mol. The number of ether oxygens (including phenoxy) is 1. The van der Waals surface area contributed by atoms with E-state index < -0.39 is 0 Å². The van der Waals surface area contributed by atoms with Crippen molar-refractivity contribution in [2.24, 2.45) is 4.99 Å². The van der Waals surface area contributed by atoms with Crippen LogP contribution in [0.25, 0.3) is 0 Å². The van der Waals surface area contributed by atoms with Gasteiger partial charge in [0, 0.05) is 30.5 Å². The fourth-order valence-corrected chi connectivity index (χ4v) is 3.14. The van der Waals surface area contributed by atoms with E-state index in [4.69, 9.17) is 4.74 Å². The molecule has 1 atom stereocenters. The van der Waals surface area contributed by atoms with E-state index in [1.54, 1.807) is 24.3 Å². The van der Waals surface area contributed by atoms with Gasteiger partial charge in [0.25, 0.3) is 5.91 Å². The van der Waals surface area contributed by atoms with Crippen molar-refractivity contribution < 1.29 is 14.3 Å². The van der Waals surface area contributed by atoms with Gasteiger partial charge >= 0.3 is 0 Å². The number of carbonyl (C=O) groups is 2. The van der Waals surface area contributed by atoms with Crippen molar-refractivity contribution in [2.45, 2.75) is 39.7 Å². The Bertz CT molecular complexity index is 932. The highest BCUT2D eigenvalue weighted by Crippen LogP contribution is 2.15. The largest absolute Gasteiger partial charge is 0.376 e. The molecule has 1 heterocycles. The van der Waals surface area contributed by atoms with Gasteiger partial charge in [0.15, 0.2) is 0 Å². The maximum Gasteiger partial charge on any atom is 0.257 e. The minimum atomic E-state index is -0.285. The van der Waals surface area contributed by atoms with Crippen LogP contribution in [-0.4, -0.2) is 37.0 Å². The summed E-state index contributed by atoms with van der Waals surface area (Å²) < 4.78 is 5.64. The third kappa shape index (κ3) is 6.15. The lowest BCUT2D eigenvalue weighted by Gasteiger charge is -2.14. The molecule has 7 heteroatoms. The Morgan fingerprint density at radius 2 is 1.77 bits per heavy atom. The second-order valence-electron chi connectivity index (χ2n) is 7.46. The smallest absolute Gasteiger partial charge is 0.257 e. The van der Waals surface area contributed by atoms with Crippen molar-refractivity contribution in [3.8, 4) is 0 Å². The molecule has 1 fully saturated rings. The van der Waals surface area contributed by atoms with Gasteiger partial charge in [-0.3, -0.25) is 14.9 Å². The maximum absolute atomic E-state index is 12.7. The Labute approximate surface area is 176 Å². The number of aliphatic imine (C=N–C) groups is 1. The van der Waals surface area contributed by atoms with E-state index in [2.05, 4.69) is 27.9 Å². The second kappa shape index (κ2) is 10.0. The number of nitrogens with one attached hydrogen (secondary N) is 3. The molecule has 0 bridgehead atoms. The van der Waals surface area contributed by atoms with E-state index in [0.717, 1.165) is 30.7 Å². The summed E-state index contributed by atoms with van der Waals surface area (Å²) in [6.07, 6.45) is 2.09. The van der Waals surface area contributed by atoms with E-state index in [1.165, 1.54) is 12.5 Å². The van der Waals surface area contributed by atoms with E-state index in [0.29, 0.717) is 23.8 Å². The first-order chi connectivity index (χ1) is 14.4. The fourth-order valence-electron chi connectivity index (χ4n) is 3.14. The van der Waals surface area contributed by atoms with Crippen LogP contribution in [-0.2, 0) is 9.53 Å². The zero-order chi connectivity index (χ0) is 21.5. The molecular formula is C23H28N4O3. The molecule has 0 aromatic heterocycles. The van der Waals surface area contributed by atoms with E-state index in [1.807, 2.05) is 25.1 Å². The predicted octanol–water partition coefficient (Wildman–Crippen LogP) is 3.64. The highest BCUT2D eigenvalue weighted by molar-refractivity contribution is 6.10. The minimum Gasteiger partial charge on any atom is -0.376 e. The molecule has 1 saturated heterocycles. The molecule has 0 radical (unpaired) electrons. The molecule has 1 aliphatic heterocycles. The normalized spacial score (nSPS) is 16.2. The molecule has 158 valence electrons. The maximum atomic E-state index is 12.7. The second-order valence-corrected chi connectivity index (χ2v) is 7.46. The topological polar surface area (TPSA) is 91.8 Å². The monoisotopic (exact) mass is 408 g/mol. The van der Waals surface area contributed by atoms with Crippen molar-refractivity contribution in [3.63, 3.8) is 0 Å². The summed E-state index contributed by atoms with van der Waals surface area (Å²) in [5.41, 5.74) is 4.31. The Hall–Kier alpha value is -3.19. The Kier molecular flexibility index (Phi) is 7.19. The molecule has 3 N–H and O–H groups in total. The van der Waals surface area contributed by atoms with Gasteiger partial charge in [0.2, 0.25) is 11.9 Å². The summed E-state index contributed by atoms with van der Waals surface area (Å²) in [7, 11) is 0. The van der Waals surface area contributed by atoms with Gasteiger partial charge in [-0.25, -0.2) is 4.99 Å². The Morgan fingerprint density at radius 1 is 1.03 bits per heavy atom. The van der Waals surface area contributed by atoms with Crippen molar-refractivity contribution >= 4 is 29.1 Å². The standard InChI is InChI=1S/C23H28N4O3/c1-15-6-9-20(13-16(15)2)26-23(24-14-21-5-4-12-30-21)27-22(29)18-7-10-19(11-8-18)25-17(3)28/h6-11,13,21H,4-5,12,14H2,1-3H3,(H,25,28)(H2,24,26,27,29). The average Bonchev–Trinajstić information content (AvgIpc) is 3.22. The molecule has 0 aliphatic carbocycles. The van der Waals surface area contributed by atoms with Crippen LogP contribution in [0.3, 0.4) is 0 Å². The summed E-state index contributed by atoms with van der Waals surface area (Å²) in [5.74, 6) is -0.0650. The van der Waals surface area contributed by atoms with Crippen LogP contribution in [0.2, 0.25) is 0 Å². The number of anilines is 2. The van der Waals surface area contributed by atoms with Gasteiger partial charge in [0.1, 0.15) is 0 Å². The molecule has 1 aliphatic rings. The molecule has 2 aromatic carbocycles. The molecule has 3 rings (SSSR count). The van der Waals surface area contributed by atoms with Gasteiger partial charge in [-0.15, -0.1) is 0 Å². The number of guanidine groups is 1. The van der Waals surface area contributed by atoms with Crippen molar-refractivity contribution in [3.05, 3.63) is 59.2 Å². The first kappa shape index (κ1) is 21.5. The summed E-state index contributed by atoms with van der Waals surface area (Å²) in [6.45, 7) is 6.77. The third-order valence-electron chi connectivity index (χ3n) is 4.95. The molecule has 1 unspecified atom stereocenters. The highest BCUT2D eigenvalue weighted by atomic mass is 16.5. The van der Waals surface area contributed by atoms with Gasteiger partial charge in [-0.2, -0.15) is 0 Å². The number of nitrogens with zero attached hydrogens (tertiary/aromatic N) is 1. The van der Waals surface area contributed by atoms with Crippen LogP contribution in [0, 0.1) is 13.8 Å². The van der Waals surface area contributed by atoms with E-state index in [9.17, 15) is 9.59 Å². The minimum absolute atomic E-state index is 0.0791. The molecule has 0 spiro atoms. The molecule has 30 heavy (non-hydrogen) atoms. The molecule has 2 aromatic rings. The van der Waals surface area contributed by atoms with Crippen LogP contribution in [0.15, 0.2) is 47.5 Å². The zero-order valence-electron chi connectivity index (χ0n) is 17.6. The van der Waals surface area contributed by atoms with Crippen LogP contribution < -0.4 is 16.0 Å². The molecule has 7 nitrogen and oxygen atoms in total. The van der Waals surface area contributed by atoms with Crippen LogP contribution in [0.4, 0.5) is 11.4 Å². The number of rotatable bonds is 5. The number of hydrogen-bond donors (Lipinski definition) is 3. The van der Waals surface area contributed by atoms with Crippen molar-refractivity contribution in [1.82, 2.24) is 5.32 Å². The lowest BCUT2D eigenvalue weighted by molar-refractivity contribution is -0.114. The number of carbonyl (C=O) groups excluding carboxylic acids is 2. The van der Waals surface area contributed by atoms with Gasteiger partial charge in [0.05, 0.1) is 12.6 Å². The highest BCUT2D eigenvalue weighted by Gasteiger charge is 2.16. The Balaban J connectivity index is 1.73.